The fourth-order valence-electron chi connectivity index (χ4n) is 2.55. The quantitative estimate of drug-likeness (QED) is 0.850. The van der Waals surface area contributed by atoms with E-state index in [1.54, 1.807) is 0 Å². The molecule has 1 aromatic rings. The van der Waals surface area contributed by atoms with Crippen molar-refractivity contribution in [3.8, 4) is 0 Å². The van der Waals surface area contributed by atoms with Gasteiger partial charge < -0.3 is 15.5 Å². The van der Waals surface area contributed by atoms with E-state index in [1.165, 1.54) is 17.5 Å². The van der Waals surface area contributed by atoms with Crippen LogP contribution in [0.25, 0.3) is 0 Å². The predicted octanol–water partition coefficient (Wildman–Crippen LogP) is 2.15. The molecule has 3 heteroatoms. The molecular weight excluding hydrogens is 234 g/mol. The van der Waals surface area contributed by atoms with Gasteiger partial charge in [0.15, 0.2) is 0 Å². The Morgan fingerprint density at radius 1 is 1.37 bits per heavy atom. The summed E-state index contributed by atoms with van der Waals surface area (Å²) in [4.78, 5) is 2.38. The fraction of sp³-hybridized carbons (Fsp3) is 0.625. The maximum absolute atomic E-state index is 3.72. The van der Waals surface area contributed by atoms with Crippen molar-refractivity contribution in [2.24, 2.45) is 0 Å². The predicted molar refractivity (Wildman–Crippen MR) is 81.3 cm³/mol. The second kappa shape index (κ2) is 7.04. The maximum Gasteiger partial charge on any atom is 0.0336 e. The number of hydrogen-bond acceptors (Lipinski definition) is 3. The topological polar surface area (TPSA) is 27.3 Å². The molecule has 19 heavy (non-hydrogen) atoms. The molecule has 0 radical (unpaired) electrons. The third-order valence-corrected chi connectivity index (χ3v) is 4.09. The van der Waals surface area contributed by atoms with Crippen LogP contribution < -0.4 is 10.6 Å². The van der Waals surface area contributed by atoms with Crippen LogP contribution in [0.3, 0.4) is 0 Å². The third kappa shape index (κ3) is 4.03. The minimum absolute atomic E-state index is 0.492. The number of hydrogen-bond donors (Lipinski definition) is 2. The highest BCUT2D eigenvalue weighted by Gasteiger charge is 2.17. The molecule has 106 valence electrons. The largest absolute Gasteiger partial charge is 0.313 e. The summed E-state index contributed by atoms with van der Waals surface area (Å²) < 4.78 is 0. The van der Waals surface area contributed by atoms with E-state index in [0.717, 1.165) is 26.2 Å². The van der Waals surface area contributed by atoms with Crippen LogP contribution in [0.2, 0.25) is 0 Å². The van der Waals surface area contributed by atoms with E-state index in [9.17, 15) is 0 Å². The summed E-state index contributed by atoms with van der Waals surface area (Å²) in [5, 5.41) is 7.22. The highest BCUT2D eigenvalue weighted by Crippen LogP contribution is 2.23. The van der Waals surface area contributed by atoms with Gasteiger partial charge in [-0.2, -0.15) is 0 Å². The zero-order chi connectivity index (χ0) is 13.7. The summed E-state index contributed by atoms with van der Waals surface area (Å²) in [6, 6.07) is 9.90. The van der Waals surface area contributed by atoms with Crippen LogP contribution in [0, 0.1) is 0 Å². The fourth-order valence-corrected chi connectivity index (χ4v) is 2.55. The van der Waals surface area contributed by atoms with E-state index < -0.39 is 0 Å². The first-order valence-corrected chi connectivity index (χ1v) is 7.40. The van der Waals surface area contributed by atoms with Gasteiger partial charge in [0.25, 0.3) is 0 Å². The molecule has 0 fully saturated rings. The van der Waals surface area contributed by atoms with Crippen molar-refractivity contribution in [3.63, 3.8) is 0 Å². The monoisotopic (exact) mass is 261 g/mol. The Balaban J connectivity index is 1.93. The Hall–Kier alpha value is -0.900. The molecule has 1 aliphatic rings. The summed E-state index contributed by atoms with van der Waals surface area (Å²) >= 11 is 0. The van der Waals surface area contributed by atoms with Crippen LogP contribution in [0.15, 0.2) is 24.3 Å². The van der Waals surface area contributed by atoms with Gasteiger partial charge in [-0.15, -0.1) is 0 Å². The van der Waals surface area contributed by atoms with Crippen LogP contribution >= 0.6 is 0 Å². The molecule has 1 heterocycles. The van der Waals surface area contributed by atoms with Gasteiger partial charge in [0.2, 0.25) is 0 Å². The molecule has 2 N–H and O–H groups in total. The van der Waals surface area contributed by atoms with Crippen molar-refractivity contribution in [2.75, 3.05) is 26.7 Å². The molecule has 0 saturated carbocycles. The zero-order valence-corrected chi connectivity index (χ0v) is 12.4. The molecule has 0 bridgehead atoms. The van der Waals surface area contributed by atoms with Gasteiger partial charge in [0.05, 0.1) is 0 Å². The van der Waals surface area contributed by atoms with E-state index in [-0.39, 0.29) is 0 Å². The van der Waals surface area contributed by atoms with E-state index in [4.69, 9.17) is 0 Å². The Morgan fingerprint density at radius 3 is 2.95 bits per heavy atom. The summed E-state index contributed by atoms with van der Waals surface area (Å²) in [6.45, 7) is 8.72. The zero-order valence-electron chi connectivity index (χ0n) is 12.4. The number of rotatable bonds is 5. The highest BCUT2D eigenvalue weighted by atomic mass is 15.1. The highest BCUT2D eigenvalue weighted by molar-refractivity contribution is 5.30. The van der Waals surface area contributed by atoms with Gasteiger partial charge in [-0.25, -0.2) is 0 Å². The standard InChI is InChI=1S/C16H27N3/c1-13(2)19(3)11-10-18-16-8-9-17-12-14-6-4-5-7-15(14)16/h4-7,13,16-18H,8-12H2,1-3H3. The van der Waals surface area contributed by atoms with Crippen molar-refractivity contribution in [3.05, 3.63) is 35.4 Å². The second-order valence-corrected chi connectivity index (χ2v) is 5.75. The summed E-state index contributed by atoms with van der Waals surface area (Å²) in [6.07, 6.45) is 1.17. The minimum Gasteiger partial charge on any atom is -0.313 e. The molecule has 0 aromatic heterocycles. The Bertz CT molecular complexity index is 389. The van der Waals surface area contributed by atoms with Crippen molar-refractivity contribution < 1.29 is 0 Å². The lowest BCUT2D eigenvalue weighted by Gasteiger charge is -2.24. The van der Waals surface area contributed by atoms with Crippen LogP contribution in [0.4, 0.5) is 0 Å². The molecule has 0 spiro atoms. The molecule has 1 aliphatic heterocycles. The van der Waals surface area contributed by atoms with Crippen molar-refractivity contribution in [1.29, 1.82) is 0 Å². The number of benzene rings is 1. The molecule has 1 aromatic carbocycles. The molecule has 3 nitrogen and oxygen atoms in total. The molecular formula is C16H27N3. The smallest absolute Gasteiger partial charge is 0.0336 e. The Morgan fingerprint density at radius 2 is 2.16 bits per heavy atom. The number of fused-ring (bicyclic) bond motifs is 1. The summed E-state index contributed by atoms with van der Waals surface area (Å²) in [5.41, 5.74) is 2.91. The lowest BCUT2D eigenvalue weighted by molar-refractivity contribution is 0.268. The normalized spacial score (nSPS) is 19.5. The molecule has 2 rings (SSSR count). The lowest BCUT2D eigenvalue weighted by Crippen LogP contribution is -2.35. The van der Waals surface area contributed by atoms with E-state index in [0.29, 0.717) is 12.1 Å². The number of nitrogens with zero attached hydrogens (tertiary/aromatic N) is 1. The van der Waals surface area contributed by atoms with Crippen molar-refractivity contribution in [1.82, 2.24) is 15.5 Å². The van der Waals surface area contributed by atoms with E-state index in [1.807, 2.05) is 0 Å². The molecule has 1 unspecified atom stereocenters. The van der Waals surface area contributed by atoms with Crippen LogP contribution in [0.1, 0.15) is 37.4 Å². The number of nitrogens with one attached hydrogen (secondary N) is 2. The minimum atomic E-state index is 0.492. The van der Waals surface area contributed by atoms with Crippen molar-refractivity contribution in [2.45, 2.75) is 38.9 Å². The van der Waals surface area contributed by atoms with E-state index in [2.05, 4.69) is 60.7 Å². The first-order chi connectivity index (χ1) is 9.18. The SMILES string of the molecule is CC(C)N(C)CCNC1CCNCc2ccccc21. The van der Waals surface area contributed by atoms with Gasteiger partial charge in [0, 0.05) is 31.7 Å². The molecule has 0 amide bonds. The van der Waals surface area contributed by atoms with Gasteiger partial charge in [-0.05, 0) is 45.0 Å². The first kappa shape index (κ1) is 14.5. The van der Waals surface area contributed by atoms with Gasteiger partial charge in [-0.1, -0.05) is 24.3 Å². The van der Waals surface area contributed by atoms with Crippen molar-refractivity contribution >= 4 is 0 Å². The number of likely N-dealkylation sites (N-methyl/N-ethyl adjacent to an activating group) is 1. The average Bonchev–Trinajstić information content (AvgIpc) is 2.61. The molecule has 0 aliphatic carbocycles. The second-order valence-electron chi connectivity index (χ2n) is 5.75. The Labute approximate surface area is 117 Å². The molecule has 0 saturated heterocycles. The molecule has 1 atom stereocenters. The Kier molecular flexibility index (Phi) is 5.37. The average molecular weight is 261 g/mol. The first-order valence-electron chi connectivity index (χ1n) is 7.40. The summed E-state index contributed by atoms with van der Waals surface area (Å²) in [5.74, 6) is 0. The van der Waals surface area contributed by atoms with Crippen LogP contribution in [-0.2, 0) is 6.54 Å². The van der Waals surface area contributed by atoms with E-state index >= 15 is 0 Å². The van der Waals surface area contributed by atoms with Gasteiger partial charge >= 0.3 is 0 Å². The third-order valence-electron chi connectivity index (χ3n) is 4.09. The van der Waals surface area contributed by atoms with Crippen LogP contribution in [0.5, 0.6) is 0 Å². The maximum atomic E-state index is 3.72. The lowest BCUT2D eigenvalue weighted by atomic mass is 9.99. The van der Waals surface area contributed by atoms with Crippen LogP contribution in [-0.4, -0.2) is 37.6 Å². The summed E-state index contributed by atoms with van der Waals surface area (Å²) in [7, 11) is 2.19. The van der Waals surface area contributed by atoms with Gasteiger partial charge in [-0.3, -0.25) is 0 Å². The van der Waals surface area contributed by atoms with Gasteiger partial charge in [0.1, 0.15) is 0 Å².